The zero-order valence-corrected chi connectivity index (χ0v) is 11.7. The Morgan fingerprint density at radius 1 is 1.39 bits per heavy atom. The van der Waals surface area contributed by atoms with Gasteiger partial charge in [0.15, 0.2) is 0 Å². The summed E-state index contributed by atoms with van der Waals surface area (Å²) in [6.07, 6.45) is 6.19. The van der Waals surface area contributed by atoms with Crippen molar-refractivity contribution in [2.45, 2.75) is 38.6 Å². The lowest BCUT2D eigenvalue weighted by Crippen LogP contribution is -2.39. The van der Waals surface area contributed by atoms with Gasteiger partial charge < -0.3 is 4.90 Å². The van der Waals surface area contributed by atoms with Crippen molar-refractivity contribution in [2.24, 2.45) is 5.92 Å². The predicted octanol–water partition coefficient (Wildman–Crippen LogP) is 3.39. The molecule has 2 rings (SSSR count). The fourth-order valence-corrected chi connectivity index (χ4v) is 2.71. The maximum Gasteiger partial charge on any atom is 0.254 e. The van der Waals surface area contributed by atoms with Crippen molar-refractivity contribution < 1.29 is 4.79 Å². The van der Waals surface area contributed by atoms with Gasteiger partial charge in [-0.2, -0.15) is 0 Å². The molecule has 0 aromatic carbocycles. The predicted molar refractivity (Wildman–Crippen MR) is 72.8 cm³/mol. The smallest absolute Gasteiger partial charge is 0.254 e. The summed E-state index contributed by atoms with van der Waals surface area (Å²) in [6.45, 7) is 2.28. The molecule has 1 aliphatic carbocycles. The Morgan fingerprint density at radius 3 is 2.67 bits per heavy atom. The van der Waals surface area contributed by atoms with Gasteiger partial charge in [-0.1, -0.05) is 18.5 Å². The van der Waals surface area contributed by atoms with Crippen molar-refractivity contribution in [2.75, 3.05) is 7.05 Å². The van der Waals surface area contributed by atoms with Gasteiger partial charge in [0.2, 0.25) is 0 Å². The van der Waals surface area contributed by atoms with Gasteiger partial charge in [0.25, 0.3) is 5.91 Å². The second-order valence-electron chi connectivity index (χ2n) is 5.20. The molecule has 1 aromatic rings. The molecular formula is C14H19ClN2O. The molecule has 1 aromatic heterocycles. The van der Waals surface area contributed by atoms with E-state index in [0.717, 1.165) is 18.8 Å². The van der Waals surface area contributed by atoms with Crippen LogP contribution in [0, 0.1) is 5.92 Å². The van der Waals surface area contributed by atoms with Gasteiger partial charge in [-0.25, -0.2) is 4.98 Å². The molecule has 0 spiro atoms. The summed E-state index contributed by atoms with van der Waals surface area (Å²) in [5.74, 6) is 0.832. The summed E-state index contributed by atoms with van der Waals surface area (Å²) in [6, 6.07) is 3.71. The Hall–Kier alpha value is -1.09. The summed E-state index contributed by atoms with van der Waals surface area (Å²) in [5.41, 5.74) is 0.621. The van der Waals surface area contributed by atoms with Crippen LogP contribution in [0.1, 0.15) is 43.0 Å². The van der Waals surface area contributed by atoms with Crippen molar-refractivity contribution in [1.82, 2.24) is 9.88 Å². The van der Waals surface area contributed by atoms with Crippen LogP contribution in [-0.4, -0.2) is 28.9 Å². The van der Waals surface area contributed by atoms with Crippen LogP contribution in [-0.2, 0) is 0 Å². The van der Waals surface area contributed by atoms with Crippen LogP contribution in [0.3, 0.4) is 0 Å². The van der Waals surface area contributed by atoms with Gasteiger partial charge in [-0.3, -0.25) is 4.79 Å². The molecule has 4 heteroatoms. The first-order valence-corrected chi connectivity index (χ1v) is 6.84. The van der Waals surface area contributed by atoms with Crippen LogP contribution in [0.25, 0.3) is 0 Å². The van der Waals surface area contributed by atoms with Crippen LogP contribution in [0.4, 0.5) is 0 Å². The van der Waals surface area contributed by atoms with Gasteiger partial charge in [0, 0.05) is 24.8 Å². The number of amides is 1. The van der Waals surface area contributed by atoms with Crippen LogP contribution >= 0.6 is 11.6 Å². The average molecular weight is 267 g/mol. The normalized spacial score (nSPS) is 23.7. The highest BCUT2D eigenvalue weighted by molar-refractivity contribution is 6.29. The largest absolute Gasteiger partial charge is 0.339 e. The van der Waals surface area contributed by atoms with Crippen molar-refractivity contribution >= 4 is 17.5 Å². The number of halogens is 1. The summed E-state index contributed by atoms with van der Waals surface area (Å²) in [4.78, 5) is 18.1. The topological polar surface area (TPSA) is 33.2 Å². The summed E-state index contributed by atoms with van der Waals surface area (Å²) < 4.78 is 0. The van der Waals surface area contributed by atoms with Gasteiger partial charge in [0.1, 0.15) is 5.15 Å². The number of aromatic nitrogens is 1. The lowest BCUT2D eigenvalue weighted by atomic mass is 9.86. The minimum atomic E-state index is 0.0406. The van der Waals surface area contributed by atoms with Crippen LogP contribution in [0.5, 0.6) is 0 Å². The average Bonchev–Trinajstić information content (AvgIpc) is 2.38. The highest BCUT2D eigenvalue weighted by atomic mass is 35.5. The van der Waals surface area contributed by atoms with E-state index >= 15 is 0 Å². The van der Waals surface area contributed by atoms with E-state index in [4.69, 9.17) is 11.6 Å². The number of carbonyl (C=O) groups is 1. The Balaban J connectivity index is 2.04. The summed E-state index contributed by atoms with van der Waals surface area (Å²) in [7, 11) is 1.89. The Bertz CT molecular complexity index is 428. The fourth-order valence-electron chi connectivity index (χ4n) is 2.53. The number of rotatable bonds is 2. The lowest BCUT2D eigenvalue weighted by molar-refractivity contribution is 0.0679. The molecular weight excluding hydrogens is 248 g/mol. The number of nitrogens with zero attached hydrogens (tertiary/aromatic N) is 2. The summed E-state index contributed by atoms with van der Waals surface area (Å²) in [5, 5.41) is 0.367. The molecule has 1 heterocycles. The zero-order chi connectivity index (χ0) is 13.1. The quantitative estimate of drug-likeness (QED) is 0.769. The third-order valence-electron chi connectivity index (χ3n) is 3.83. The van der Waals surface area contributed by atoms with E-state index < -0.39 is 0 Å². The van der Waals surface area contributed by atoms with Crippen molar-refractivity contribution in [1.29, 1.82) is 0 Å². The highest BCUT2D eigenvalue weighted by Crippen LogP contribution is 2.27. The SMILES string of the molecule is CC1CCC(N(C)C(=O)c2ccnc(Cl)c2)CC1. The molecule has 1 amide bonds. The molecule has 18 heavy (non-hydrogen) atoms. The number of pyridine rings is 1. The van der Waals surface area contributed by atoms with Crippen LogP contribution in [0.2, 0.25) is 5.15 Å². The third-order valence-corrected chi connectivity index (χ3v) is 4.03. The zero-order valence-electron chi connectivity index (χ0n) is 10.9. The van der Waals surface area contributed by atoms with E-state index in [1.807, 2.05) is 11.9 Å². The second kappa shape index (κ2) is 5.70. The van der Waals surface area contributed by atoms with Gasteiger partial charge >= 0.3 is 0 Å². The lowest BCUT2D eigenvalue weighted by Gasteiger charge is -2.33. The molecule has 0 N–H and O–H groups in total. The standard InChI is InChI=1S/C14H19ClN2O/c1-10-3-5-12(6-4-10)17(2)14(18)11-7-8-16-13(15)9-11/h7-10,12H,3-6H2,1-2H3. The molecule has 1 aliphatic rings. The first-order valence-electron chi connectivity index (χ1n) is 6.46. The van der Waals surface area contributed by atoms with Crippen LogP contribution < -0.4 is 0 Å². The van der Waals surface area contributed by atoms with Crippen molar-refractivity contribution in [3.05, 3.63) is 29.0 Å². The molecule has 0 unspecified atom stereocenters. The first-order chi connectivity index (χ1) is 8.58. The minimum absolute atomic E-state index is 0.0406. The van der Waals surface area contributed by atoms with Crippen LogP contribution in [0.15, 0.2) is 18.3 Å². The Morgan fingerprint density at radius 2 is 2.06 bits per heavy atom. The third kappa shape index (κ3) is 3.02. The molecule has 98 valence electrons. The number of hydrogen-bond donors (Lipinski definition) is 0. The Labute approximate surface area is 113 Å². The molecule has 1 fully saturated rings. The molecule has 0 bridgehead atoms. The van der Waals surface area contributed by atoms with E-state index in [0.29, 0.717) is 16.8 Å². The van der Waals surface area contributed by atoms with E-state index in [-0.39, 0.29) is 5.91 Å². The molecule has 0 saturated heterocycles. The molecule has 1 saturated carbocycles. The Kier molecular flexibility index (Phi) is 4.23. The minimum Gasteiger partial charge on any atom is -0.339 e. The van der Waals surface area contributed by atoms with E-state index in [1.165, 1.54) is 12.8 Å². The van der Waals surface area contributed by atoms with Crippen molar-refractivity contribution in [3.63, 3.8) is 0 Å². The summed E-state index contributed by atoms with van der Waals surface area (Å²) >= 11 is 5.82. The first kappa shape index (κ1) is 13.3. The van der Waals surface area contributed by atoms with Gasteiger partial charge in [-0.15, -0.1) is 0 Å². The maximum atomic E-state index is 12.3. The maximum absolute atomic E-state index is 12.3. The highest BCUT2D eigenvalue weighted by Gasteiger charge is 2.25. The van der Waals surface area contributed by atoms with Crippen molar-refractivity contribution in [3.8, 4) is 0 Å². The fraction of sp³-hybridized carbons (Fsp3) is 0.571. The second-order valence-corrected chi connectivity index (χ2v) is 5.58. The van der Waals surface area contributed by atoms with Gasteiger partial charge in [-0.05, 0) is 43.7 Å². The number of hydrogen-bond acceptors (Lipinski definition) is 2. The monoisotopic (exact) mass is 266 g/mol. The van der Waals surface area contributed by atoms with E-state index in [1.54, 1.807) is 18.3 Å². The van der Waals surface area contributed by atoms with E-state index in [2.05, 4.69) is 11.9 Å². The van der Waals surface area contributed by atoms with E-state index in [9.17, 15) is 4.79 Å². The molecule has 0 atom stereocenters. The van der Waals surface area contributed by atoms with Gasteiger partial charge in [0.05, 0.1) is 0 Å². The molecule has 0 aliphatic heterocycles. The molecule has 3 nitrogen and oxygen atoms in total. The number of carbonyl (C=O) groups excluding carboxylic acids is 1. The molecule has 0 radical (unpaired) electrons.